The van der Waals surface area contributed by atoms with Crippen LogP contribution in [0.3, 0.4) is 0 Å². The Morgan fingerprint density at radius 3 is 1.81 bits per heavy atom. The van der Waals surface area contributed by atoms with E-state index in [1.165, 1.54) is 0 Å². The Morgan fingerprint density at radius 2 is 1.44 bits per heavy atom. The van der Waals surface area contributed by atoms with E-state index in [1.54, 1.807) is 7.11 Å². The van der Waals surface area contributed by atoms with E-state index >= 15 is 0 Å². The summed E-state index contributed by atoms with van der Waals surface area (Å²) in [6, 6.07) is 0. The third kappa shape index (κ3) is 6.43. The molecule has 0 fully saturated rings. The number of methoxy groups -OCH3 is 1. The van der Waals surface area contributed by atoms with E-state index in [9.17, 15) is 0 Å². The van der Waals surface area contributed by atoms with Crippen molar-refractivity contribution in [2.45, 2.75) is 32.8 Å². The maximum absolute atomic E-state index is 5.85. The van der Waals surface area contributed by atoms with Gasteiger partial charge in [-0.3, -0.25) is 0 Å². The molecule has 0 aromatic rings. The molecule has 0 saturated carbocycles. The van der Waals surface area contributed by atoms with Crippen LogP contribution in [-0.4, -0.2) is 52.4 Å². The highest BCUT2D eigenvalue weighted by Crippen LogP contribution is 2.14. The minimum Gasteiger partial charge on any atom is -0.382 e. The zero-order valence-corrected chi connectivity index (χ0v) is 11.1. The highest BCUT2D eigenvalue weighted by atomic mass is 16.6. The van der Waals surface area contributed by atoms with E-state index in [-0.39, 0.29) is 0 Å². The van der Waals surface area contributed by atoms with Crippen molar-refractivity contribution >= 4 is 0 Å². The molecule has 0 N–H and O–H groups in total. The summed E-state index contributed by atoms with van der Waals surface area (Å²) in [4.78, 5) is 0. The van der Waals surface area contributed by atoms with Gasteiger partial charge in [-0.15, -0.1) is 0 Å². The van der Waals surface area contributed by atoms with E-state index in [4.69, 9.17) is 18.9 Å². The van der Waals surface area contributed by atoms with Crippen LogP contribution in [0.15, 0.2) is 0 Å². The van der Waals surface area contributed by atoms with Gasteiger partial charge in [0.05, 0.1) is 19.8 Å². The Morgan fingerprint density at radius 1 is 0.875 bits per heavy atom. The van der Waals surface area contributed by atoms with E-state index < -0.39 is 5.60 Å². The summed E-state index contributed by atoms with van der Waals surface area (Å²) in [6.07, 6.45) is 0.976. The smallest absolute Gasteiger partial charge is 0.138 e. The molecule has 0 amide bonds. The zero-order valence-electron chi connectivity index (χ0n) is 11.1. The van der Waals surface area contributed by atoms with E-state index in [0.29, 0.717) is 39.6 Å². The van der Waals surface area contributed by atoms with Crippen molar-refractivity contribution in [1.82, 2.24) is 0 Å². The van der Waals surface area contributed by atoms with Crippen LogP contribution in [0.2, 0.25) is 0 Å². The first-order chi connectivity index (χ1) is 7.74. The maximum Gasteiger partial charge on any atom is 0.138 e. The van der Waals surface area contributed by atoms with Gasteiger partial charge >= 0.3 is 0 Å². The first-order valence-electron chi connectivity index (χ1n) is 6.03. The van der Waals surface area contributed by atoms with Gasteiger partial charge in [0, 0.05) is 26.9 Å². The van der Waals surface area contributed by atoms with Crippen molar-refractivity contribution in [3.8, 4) is 0 Å². The molecule has 0 aromatic heterocycles. The maximum atomic E-state index is 5.85. The first-order valence-corrected chi connectivity index (χ1v) is 6.03. The fourth-order valence-corrected chi connectivity index (χ4v) is 1.41. The summed E-state index contributed by atoms with van der Waals surface area (Å²) in [7, 11) is 1.67. The second-order valence-corrected chi connectivity index (χ2v) is 3.74. The molecular weight excluding hydrogens is 208 g/mol. The van der Waals surface area contributed by atoms with Gasteiger partial charge in [0.25, 0.3) is 0 Å². The van der Waals surface area contributed by atoms with Crippen molar-refractivity contribution in [2.75, 3.05) is 46.8 Å². The van der Waals surface area contributed by atoms with Gasteiger partial charge in [0.2, 0.25) is 0 Å². The van der Waals surface area contributed by atoms with Gasteiger partial charge < -0.3 is 18.9 Å². The van der Waals surface area contributed by atoms with Crippen LogP contribution in [0.5, 0.6) is 0 Å². The van der Waals surface area contributed by atoms with Crippen molar-refractivity contribution in [3.05, 3.63) is 0 Å². The molecule has 0 atom stereocenters. The Balaban J connectivity index is 4.32. The van der Waals surface area contributed by atoms with Crippen molar-refractivity contribution < 1.29 is 18.9 Å². The zero-order chi connectivity index (χ0) is 12.3. The molecule has 0 aliphatic heterocycles. The van der Waals surface area contributed by atoms with Gasteiger partial charge in [-0.1, -0.05) is 6.92 Å². The van der Waals surface area contributed by atoms with Gasteiger partial charge in [-0.25, -0.2) is 0 Å². The quantitative estimate of drug-likeness (QED) is 0.547. The van der Waals surface area contributed by atoms with Crippen LogP contribution in [0.25, 0.3) is 0 Å². The summed E-state index contributed by atoms with van der Waals surface area (Å²) < 4.78 is 22.0. The molecule has 0 aliphatic carbocycles. The second-order valence-electron chi connectivity index (χ2n) is 3.74. The topological polar surface area (TPSA) is 36.9 Å². The lowest BCUT2D eigenvalue weighted by molar-refractivity contribution is -0.160. The number of hydrogen-bond acceptors (Lipinski definition) is 4. The SMILES string of the molecule is CCCOC(COC)(COCC)COCC. The Labute approximate surface area is 99.2 Å². The predicted octanol–water partition coefficient (Wildman–Crippen LogP) is 1.87. The fourth-order valence-electron chi connectivity index (χ4n) is 1.41. The van der Waals surface area contributed by atoms with E-state index in [1.807, 2.05) is 13.8 Å². The van der Waals surface area contributed by atoms with Crippen LogP contribution in [-0.2, 0) is 18.9 Å². The normalized spacial score (nSPS) is 12.0. The lowest BCUT2D eigenvalue weighted by Gasteiger charge is -2.32. The molecule has 0 heterocycles. The van der Waals surface area contributed by atoms with Crippen molar-refractivity contribution in [2.24, 2.45) is 0 Å². The lowest BCUT2D eigenvalue weighted by Crippen LogP contribution is -2.47. The third-order valence-electron chi connectivity index (χ3n) is 2.16. The summed E-state index contributed by atoms with van der Waals surface area (Å²) >= 11 is 0. The molecule has 98 valence electrons. The Hall–Kier alpha value is -0.160. The molecule has 0 radical (unpaired) electrons. The molecule has 0 saturated heterocycles. The van der Waals surface area contributed by atoms with E-state index in [0.717, 1.165) is 6.42 Å². The number of rotatable bonds is 11. The van der Waals surface area contributed by atoms with Crippen LogP contribution < -0.4 is 0 Å². The largest absolute Gasteiger partial charge is 0.382 e. The molecule has 16 heavy (non-hydrogen) atoms. The van der Waals surface area contributed by atoms with Gasteiger partial charge in [-0.05, 0) is 20.3 Å². The van der Waals surface area contributed by atoms with Crippen LogP contribution >= 0.6 is 0 Å². The highest BCUT2D eigenvalue weighted by Gasteiger charge is 2.32. The number of ether oxygens (including phenoxy) is 4. The molecule has 0 aromatic carbocycles. The molecule has 0 bridgehead atoms. The molecule has 0 aliphatic rings. The Kier molecular flexibility index (Phi) is 9.92. The molecule has 0 rings (SSSR count). The standard InChI is InChI=1S/C12H26O4/c1-5-8-16-12(9-13-4,10-14-6-2)11-15-7-3/h5-11H2,1-4H3. The van der Waals surface area contributed by atoms with Gasteiger partial charge in [0.1, 0.15) is 5.60 Å². The van der Waals surface area contributed by atoms with Crippen molar-refractivity contribution in [1.29, 1.82) is 0 Å². The van der Waals surface area contributed by atoms with Crippen LogP contribution in [0, 0.1) is 0 Å². The molecule has 4 heteroatoms. The minimum atomic E-state index is -0.462. The summed E-state index contributed by atoms with van der Waals surface area (Å²) in [5, 5.41) is 0. The monoisotopic (exact) mass is 234 g/mol. The van der Waals surface area contributed by atoms with Crippen LogP contribution in [0.1, 0.15) is 27.2 Å². The molecule has 0 spiro atoms. The lowest BCUT2D eigenvalue weighted by atomic mass is 10.1. The van der Waals surface area contributed by atoms with E-state index in [2.05, 4.69) is 6.92 Å². The molecular formula is C12H26O4. The predicted molar refractivity (Wildman–Crippen MR) is 63.8 cm³/mol. The minimum absolute atomic E-state index is 0.462. The molecule has 4 nitrogen and oxygen atoms in total. The number of hydrogen-bond donors (Lipinski definition) is 0. The Bertz CT molecular complexity index is 128. The third-order valence-corrected chi connectivity index (χ3v) is 2.16. The second kappa shape index (κ2) is 10.0. The van der Waals surface area contributed by atoms with Gasteiger partial charge in [-0.2, -0.15) is 0 Å². The molecule has 0 unspecified atom stereocenters. The summed E-state index contributed by atoms with van der Waals surface area (Å²) in [5.74, 6) is 0. The average Bonchev–Trinajstić information content (AvgIpc) is 2.31. The summed E-state index contributed by atoms with van der Waals surface area (Å²) in [5.41, 5.74) is -0.462. The average molecular weight is 234 g/mol. The fraction of sp³-hybridized carbons (Fsp3) is 1.00. The van der Waals surface area contributed by atoms with Crippen molar-refractivity contribution in [3.63, 3.8) is 0 Å². The van der Waals surface area contributed by atoms with Crippen LogP contribution in [0.4, 0.5) is 0 Å². The highest BCUT2D eigenvalue weighted by molar-refractivity contribution is 4.80. The first kappa shape index (κ1) is 15.8. The van der Waals surface area contributed by atoms with Gasteiger partial charge in [0.15, 0.2) is 0 Å². The summed E-state index contributed by atoms with van der Waals surface area (Å²) in [6.45, 7) is 9.58.